The zero-order chi connectivity index (χ0) is 15.1. The maximum absolute atomic E-state index is 12.5. The minimum Gasteiger partial charge on any atom is -0.448 e. The third kappa shape index (κ3) is 1.92. The Hall–Kier alpha value is -2.89. The molecule has 4 rings (SSSR count). The van der Waals surface area contributed by atoms with Crippen LogP contribution < -0.4 is 5.56 Å². The van der Waals surface area contributed by atoms with Crippen LogP contribution in [0.1, 0.15) is 18.6 Å². The Bertz CT molecular complexity index is 1030. The molecule has 0 N–H and O–H groups in total. The highest BCUT2D eigenvalue weighted by Crippen LogP contribution is 2.24. The van der Waals surface area contributed by atoms with Gasteiger partial charge in [0.15, 0.2) is 0 Å². The molecule has 0 aliphatic carbocycles. The molecule has 3 aromatic heterocycles. The third-order valence-corrected chi connectivity index (χ3v) is 3.61. The second-order valence-corrected chi connectivity index (χ2v) is 5.03. The van der Waals surface area contributed by atoms with Crippen LogP contribution >= 0.6 is 0 Å². The van der Waals surface area contributed by atoms with Crippen LogP contribution in [0.5, 0.6) is 0 Å². The minimum absolute atomic E-state index is 0.235. The maximum Gasteiger partial charge on any atom is 0.297 e. The zero-order valence-corrected chi connectivity index (χ0v) is 11.9. The number of oxazole rings is 1. The van der Waals surface area contributed by atoms with Gasteiger partial charge in [0.2, 0.25) is 11.5 Å². The van der Waals surface area contributed by atoms with E-state index in [0.717, 1.165) is 17.6 Å². The summed E-state index contributed by atoms with van der Waals surface area (Å²) >= 11 is 0. The van der Waals surface area contributed by atoms with Crippen molar-refractivity contribution in [3.8, 4) is 0 Å². The molecule has 0 aliphatic heterocycles. The summed E-state index contributed by atoms with van der Waals surface area (Å²) in [6.45, 7) is 2.22. The second kappa shape index (κ2) is 4.84. The first-order valence-electron chi connectivity index (χ1n) is 7.06. The van der Waals surface area contributed by atoms with Gasteiger partial charge in [-0.15, -0.1) is 0 Å². The van der Waals surface area contributed by atoms with Crippen LogP contribution in [0.25, 0.3) is 22.1 Å². The maximum atomic E-state index is 12.5. The molecule has 0 amide bonds. The van der Waals surface area contributed by atoms with Gasteiger partial charge in [0.1, 0.15) is 23.4 Å². The lowest BCUT2D eigenvalue weighted by Gasteiger charge is -2.00. The Labute approximate surface area is 125 Å². The largest absolute Gasteiger partial charge is 0.448 e. The van der Waals surface area contributed by atoms with Crippen LogP contribution in [0.2, 0.25) is 0 Å². The number of nitrogens with zero attached hydrogens (tertiary/aromatic N) is 3. The van der Waals surface area contributed by atoms with Crippen LogP contribution in [0.4, 0.5) is 0 Å². The van der Waals surface area contributed by atoms with Gasteiger partial charge in [-0.25, -0.2) is 9.97 Å². The molecule has 110 valence electrons. The minimum atomic E-state index is -0.238. The molecule has 0 unspecified atom stereocenters. The zero-order valence-electron chi connectivity index (χ0n) is 11.9. The summed E-state index contributed by atoms with van der Waals surface area (Å²) in [5.74, 6) is 1.28. The molecule has 1 aromatic carbocycles. The lowest BCUT2D eigenvalue weighted by atomic mass is 10.2. The average molecular weight is 295 g/mol. The fourth-order valence-corrected chi connectivity index (χ4v) is 2.46. The van der Waals surface area contributed by atoms with E-state index >= 15 is 0 Å². The summed E-state index contributed by atoms with van der Waals surface area (Å²) in [5.41, 5.74) is 1.26. The fraction of sp³-hybridized carbons (Fsp3) is 0.188. The molecule has 0 saturated carbocycles. The molecule has 4 aromatic rings. The smallest absolute Gasteiger partial charge is 0.297 e. The summed E-state index contributed by atoms with van der Waals surface area (Å²) in [7, 11) is 0. The molecule has 6 heteroatoms. The SMILES string of the molecule is CCc1cnc(Cn2cnc3c(oc4ccccc43)c2=O)o1. The number of furan rings is 1. The number of hydrogen-bond acceptors (Lipinski definition) is 5. The summed E-state index contributed by atoms with van der Waals surface area (Å²) < 4.78 is 12.6. The summed E-state index contributed by atoms with van der Waals surface area (Å²) in [5, 5.41) is 0.839. The molecule has 0 saturated heterocycles. The number of fused-ring (bicyclic) bond motifs is 3. The highest BCUT2D eigenvalue weighted by Gasteiger charge is 2.14. The van der Waals surface area contributed by atoms with Crippen molar-refractivity contribution in [2.24, 2.45) is 0 Å². The Morgan fingerprint density at radius 1 is 1.18 bits per heavy atom. The van der Waals surface area contributed by atoms with E-state index in [1.54, 1.807) is 6.20 Å². The summed E-state index contributed by atoms with van der Waals surface area (Å²) in [4.78, 5) is 21.1. The fourth-order valence-electron chi connectivity index (χ4n) is 2.46. The van der Waals surface area contributed by atoms with Crippen molar-refractivity contribution in [3.05, 3.63) is 58.8 Å². The van der Waals surface area contributed by atoms with Crippen LogP contribution in [-0.2, 0) is 13.0 Å². The van der Waals surface area contributed by atoms with Gasteiger partial charge in [-0.3, -0.25) is 9.36 Å². The lowest BCUT2D eigenvalue weighted by Crippen LogP contribution is -2.20. The molecule has 3 heterocycles. The molecular weight excluding hydrogens is 282 g/mol. The third-order valence-electron chi connectivity index (χ3n) is 3.61. The Morgan fingerprint density at radius 3 is 2.86 bits per heavy atom. The van der Waals surface area contributed by atoms with E-state index in [4.69, 9.17) is 8.83 Å². The predicted octanol–water partition coefficient (Wildman–Crippen LogP) is 2.74. The van der Waals surface area contributed by atoms with Gasteiger partial charge in [-0.2, -0.15) is 0 Å². The predicted molar refractivity (Wildman–Crippen MR) is 80.8 cm³/mol. The van der Waals surface area contributed by atoms with Gasteiger partial charge in [-0.1, -0.05) is 19.1 Å². The van der Waals surface area contributed by atoms with Crippen molar-refractivity contribution in [2.45, 2.75) is 19.9 Å². The molecular formula is C16H13N3O3. The van der Waals surface area contributed by atoms with Crippen molar-refractivity contribution < 1.29 is 8.83 Å². The molecule has 22 heavy (non-hydrogen) atoms. The van der Waals surface area contributed by atoms with Crippen LogP contribution in [0.3, 0.4) is 0 Å². The molecule has 0 atom stereocenters. The van der Waals surface area contributed by atoms with E-state index in [1.165, 1.54) is 10.9 Å². The van der Waals surface area contributed by atoms with Gasteiger partial charge in [-0.05, 0) is 12.1 Å². The quantitative estimate of drug-likeness (QED) is 0.581. The molecule has 0 spiro atoms. The van der Waals surface area contributed by atoms with Crippen LogP contribution in [0, 0.1) is 0 Å². The first-order chi connectivity index (χ1) is 10.8. The Balaban J connectivity index is 1.83. The van der Waals surface area contributed by atoms with E-state index in [2.05, 4.69) is 9.97 Å². The average Bonchev–Trinajstić information content (AvgIpc) is 3.14. The Kier molecular flexibility index (Phi) is 2.82. The van der Waals surface area contributed by atoms with E-state index in [-0.39, 0.29) is 17.7 Å². The van der Waals surface area contributed by atoms with Gasteiger partial charge < -0.3 is 8.83 Å². The van der Waals surface area contributed by atoms with E-state index in [0.29, 0.717) is 17.0 Å². The number of hydrogen-bond donors (Lipinski definition) is 0. The lowest BCUT2D eigenvalue weighted by molar-refractivity contribution is 0.442. The standard InChI is InChI=1S/C16H13N3O3/c1-2-10-7-17-13(21-10)8-19-9-18-14-11-5-3-4-6-12(11)22-15(14)16(19)20/h3-7,9H,2,8H2,1H3. The van der Waals surface area contributed by atoms with Crippen molar-refractivity contribution in [3.63, 3.8) is 0 Å². The van der Waals surface area contributed by atoms with E-state index in [9.17, 15) is 4.79 Å². The molecule has 6 nitrogen and oxygen atoms in total. The first kappa shape index (κ1) is 12.8. The first-order valence-corrected chi connectivity index (χ1v) is 7.06. The monoisotopic (exact) mass is 295 g/mol. The molecule has 0 fully saturated rings. The highest BCUT2D eigenvalue weighted by atomic mass is 16.4. The van der Waals surface area contributed by atoms with E-state index in [1.807, 2.05) is 31.2 Å². The van der Waals surface area contributed by atoms with E-state index < -0.39 is 0 Å². The van der Waals surface area contributed by atoms with Gasteiger partial charge in [0.05, 0.1) is 12.5 Å². The number of para-hydroxylation sites is 1. The number of rotatable bonds is 3. The number of benzene rings is 1. The van der Waals surface area contributed by atoms with Crippen LogP contribution in [0.15, 0.2) is 50.4 Å². The van der Waals surface area contributed by atoms with Gasteiger partial charge >= 0.3 is 0 Å². The molecule has 0 bridgehead atoms. The second-order valence-electron chi connectivity index (χ2n) is 5.03. The normalized spacial score (nSPS) is 11.5. The van der Waals surface area contributed by atoms with Gasteiger partial charge in [0, 0.05) is 11.8 Å². The van der Waals surface area contributed by atoms with Crippen LogP contribution in [-0.4, -0.2) is 14.5 Å². The van der Waals surface area contributed by atoms with Crippen molar-refractivity contribution in [2.75, 3.05) is 0 Å². The van der Waals surface area contributed by atoms with Crippen molar-refractivity contribution in [1.82, 2.24) is 14.5 Å². The molecule has 0 aliphatic rings. The van der Waals surface area contributed by atoms with Crippen molar-refractivity contribution >= 4 is 22.1 Å². The number of aromatic nitrogens is 3. The van der Waals surface area contributed by atoms with Crippen molar-refractivity contribution in [1.29, 1.82) is 0 Å². The highest BCUT2D eigenvalue weighted by molar-refractivity contribution is 6.01. The topological polar surface area (TPSA) is 74.1 Å². The molecule has 0 radical (unpaired) electrons. The summed E-state index contributed by atoms with van der Waals surface area (Å²) in [6, 6.07) is 7.47. The summed E-state index contributed by atoms with van der Waals surface area (Å²) in [6.07, 6.45) is 3.94. The number of aryl methyl sites for hydroxylation is 1. The van der Waals surface area contributed by atoms with Gasteiger partial charge in [0.25, 0.3) is 5.56 Å². The Morgan fingerprint density at radius 2 is 2.05 bits per heavy atom.